The number of carboxylic acid groups (broad SMARTS) is 1. The minimum atomic E-state index is -3.31. The molecule has 0 bridgehead atoms. The van der Waals surface area contributed by atoms with Crippen LogP contribution in [0.25, 0.3) is 0 Å². The van der Waals surface area contributed by atoms with Crippen LogP contribution in [0.15, 0.2) is 18.2 Å². The van der Waals surface area contributed by atoms with Crippen LogP contribution in [0.2, 0.25) is 0 Å². The lowest BCUT2D eigenvalue weighted by molar-refractivity contribution is -0.385. The maximum Gasteiger partial charge on any atom is 0.339 e. The van der Waals surface area contributed by atoms with Crippen molar-refractivity contribution in [3.8, 4) is 5.75 Å². The van der Waals surface area contributed by atoms with Gasteiger partial charge in [-0.15, -0.1) is 0 Å². The van der Waals surface area contributed by atoms with Gasteiger partial charge in [0.05, 0.1) is 16.4 Å². The highest BCUT2D eigenvalue weighted by Gasteiger charge is 2.23. The maximum atomic E-state index is 11.5. The molecule has 1 N–H and O–H groups in total. The molecule has 1 aromatic rings. The van der Waals surface area contributed by atoms with Crippen LogP contribution in [0.1, 0.15) is 23.7 Å². The second-order valence-corrected chi connectivity index (χ2v) is 6.52. The quantitative estimate of drug-likeness (QED) is 0.569. The summed E-state index contributed by atoms with van der Waals surface area (Å²) in [6.07, 6.45) is 0.453. The number of nitro groups is 1. The molecule has 116 valence electrons. The van der Waals surface area contributed by atoms with E-state index in [2.05, 4.69) is 0 Å². The first-order valence-corrected chi connectivity index (χ1v) is 7.94. The number of nitrogens with zero attached hydrogens (tertiary/aromatic N) is 1. The number of hydrogen-bond donors (Lipinski definition) is 1. The zero-order chi connectivity index (χ0) is 16.0. The Kier molecular flexibility index (Phi) is 5.65. The van der Waals surface area contributed by atoms with Crippen LogP contribution < -0.4 is 4.74 Å². The molecule has 0 aliphatic carbocycles. The highest BCUT2D eigenvalue weighted by molar-refractivity contribution is 7.91. The molecule has 9 heteroatoms. The second-order valence-electron chi connectivity index (χ2n) is 4.22. The molecular formula is C12H15NO7S. The summed E-state index contributed by atoms with van der Waals surface area (Å²) in [5.74, 6) is -2.16. The van der Waals surface area contributed by atoms with Gasteiger partial charge in [0.2, 0.25) is 5.75 Å². The fraction of sp³-hybridized carbons (Fsp3) is 0.417. The number of para-hydroxylation sites is 1. The van der Waals surface area contributed by atoms with Crippen molar-refractivity contribution in [1.29, 1.82) is 0 Å². The number of rotatable bonds is 8. The Labute approximate surface area is 121 Å². The normalized spacial score (nSPS) is 11.1. The summed E-state index contributed by atoms with van der Waals surface area (Å²) >= 11 is 0. The third-order valence-electron chi connectivity index (χ3n) is 2.58. The Morgan fingerprint density at radius 1 is 1.38 bits per heavy atom. The van der Waals surface area contributed by atoms with Gasteiger partial charge < -0.3 is 9.84 Å². The number of aromatic carboxylic acids is 1. The predicted octanol–water partition coefficient (Wildman–Crippen LogP) is 1.50. The van der Waals surface area contributed by atoms with E-state index < -0.39 is 32.2 Å². The number of carboxylic acids is 1. The molecule has 0 aliphatic rings. The maximum absolute atomic E-state index is 11.5. The number of benzene rings is 1. The van der Waals surface area contributed by atoms with Crippen molar-refractivity contribution < 1.29 is 28.0 Å². The molecule has 0 saturated carbocycles. The van der Waals surface area contributed by atoms with Crippen molar-refractivity contribution in [3.05, 3.63) is 33.9 Å². The van der Waals surface area contributed by atoms with E-state index >= 15 is 0 Å². The smallest absolute Gasteiger partial charge is 0.339 e. The Hall–Kier alpha value is -2.16. The van der Waals surface area contributed by atoms with Crippen molar-refractivity contribution >= 4 is 21.5 Å². The SMILES string of the molecule is CCCS(=O)(=O)CCOc1c(C(=O)O)cccc1[N+](=O)[O-]. The van der Waals surface area contributed by atoms with Gasteiger partial charge in [0.25, 0.3) is 0 Å². The largest absolute Gasteiger partial charge is 0.485 e. The summed E-state index contributed by atoms with van der Waals surface area (Å²) in [7, 11) is -3.31. The number of sulfone groups is 1. The van der Waals surface area contributed by atoms with Crippen LogP contribution in [-0.2, 0) is 9.84 Å². The Morgan fingerprint density at radius 2 is 2.05 bits per heavy atom. The molecule has 0 aromatic heterocycles. The molecule has 0 unspecified atom stereocenters. The minimum absolute atomic E-state index is 0.0149. The van der Waals surface area contributed by atoms with E-state index in [0.717, 1.165) is 12.1 Å². The summed E-state index contributed by atoms with van der Waals surface area (Å²) in [6.45, 7) is 1.37. The Bertz CT molecular complexity index is 607. The van der Waals surface area contributed by atoms with Gasteiger partial charge in [-0.3, -0.25) is 10.1 Å². The van der Waals surface area contributed by atoms with Crippen LogP contribution in [-0.4, -0.2) is 42.5 Å². The van der Waals surface area contributed by atoms with Crippen LogP contribution in [0, 0.1) is 10.1 Å². The molecule has 21 heavy (non-hydrogen) atoms. The van der Waals surface area contributed by atoms with E-state index in [0.29, 0.717) is 6.42 Å². The third-order valence-corrected chi connectivity index (χ3v) is 4.40. The van der Waals surface area contributed by atoms with Gasteiger partial charge in [-0.25, -0.2) is 13.2 Å². The number of hydrogen-bond acceptors (Lipinski definition) is 6. The standard InChI is InChI=1S/C12H15NO7S/c1-2-7-21(18,19)8-6-20-11-9(12(14)15)4-3-5-10(11)13(16)17/h3-5H,2,6-8H2,1H3,(H,14,15). The lowest BCUT2D eigenvalue weighted by atomic mass is 10.2. The average molecular weight is 317 g/mol. The van der Waals surface area contributed by atoms with Crippen LogP contribution in [0.4, 0.5) is 5.69 Å². The van der Waals surface area contributed by atoms with Crippen molar-refractivity contribution in [1.82, 2.24) is 0 Å². The minimum Gasteiger partial charge on any atom is -0.485 e. The number of ether oxygens (including phenoxy) is 1. The number of carbonyl (C=O) groups is 1. The van der Waals surface area contributed by atoms with E-state index in [-0.39, 0.29) is 23.7 Å². The van der Waals surface area contributed by atoms with E-state index in [1.807, 2.05) is 0 Å². The van der Waals surface area contributed by atoms with Crippen LogP contribution >= 0.6 is 0 Å². The van der Waals surface area contributed by atoms with E-state index in [1.54, 1.807) is 6.92 Å². The first-order valence-electron chi connectivity index (χ1n) is 6.12. The van der Waals surface area contributed by atoms with E-state index in [4.69, 9.17) is 9.84 Å². The Morgan fingerprint density at radius 3 is 2.57 bits per heavy atom. The average Bonchev–Trinajstić information content (AvgIpc) is 2.37. The van der Waals surface area contributed by atoms with Gasteiger partial charge in [0, 0.05) is 6.07 Å². The molecule has 0 fully saturated rings. The highest BCUT2D eigenvalue weighted by atomic mass is 32.2. The van der Waals surface area contributed by atoms with Crippen molar-refractivity contribution in [3.63, 3.8) is 0 Å². The monoisotopic (exact) mass is 317 g/mol. The van der Waals surface area contributed by atoms with Crippen LogP contribution in [0.3, 0.4) is 0 Å². The summed E-state index contributed by atoms with van der Waals surface area (Å²) in [6, 6.07) is 3.48. The summed E-state index contributed by atoms with van der Waals surface area (Å²) in [5, 5.41) is 19.9. The van der Waals surface area contributed by atoms with Crippen molar-refractivity contribution in [2.75, 3.05) is 18.1 Å². The molecule has 0 saturated heterocycles. The summed E-state index contributed by atoms with van der Waals surface area (Å²) in [4.78, 5) is 21.1. The zero-order valence-corrected chi connectivity index (χ0v) is 12.1. The molecular weight excluding hydrogens is 302 g/mol. The Balaban J connectivity index is 2.96. The molecule has 8 nitrogen and oxygen atoms in total. The first kappa shape index (κ1) is 16.9. The van der Waals surface area contributed by atoms with E-state index in [9.17, 15) is 23.3 Å². The van der Waals surface area contributed by atoms with Gasteiger partial charge in [0.15, 0.2) is 9.84 Å². The summed E-state index contributed by atoms with van der Waals surface area (Å²) < 4.78 is 28.1. The first-order chi connectivity index (χ1) is 9.78. The highest BCUT2D eigenvalue weighted by Crippen LogP contribution is 2.30. The van der Waals surface area contributed by atoms with Crippen molar-refractivity contribution in [2.24, 2.45) is 0 Å². The van der Waals surface area contributed by atoms with Gasteiger partial charge in [-0.2, -0.15) is 0 Å². The molecule has 0 spiro atoms. The van der Waals surface area contributed by atoms with Gasteiger partial charge in [-0.1, -0.05) is 13.0 Å². The lowest BCUT2D eigenvalue weighted by Crippen LogP contribution is -2.18. The fourth-order valence-electron chi connectivity index (χ4n) is 1.67. The fourth-order valence-corrected chi connectivity index (χ4v) is 2.84. The third kappa shape index (κ3) is 4.71. The van der Waals surface area contributed by atoms with E-state index in [1.165, 1.54) is 6.07 Å². The molecule has 0 radical (unpaired) electrons. The number of nitro benzene ring substituents is 1. The second kappa shape index (κ2) is 7.02. The van der Waals surface area contributed by atoms with Crippen LogP contribution in [0.5, 0.6) is 5.75 Å². The van der Waals surface area contributed by atoms with Gasteiger partial charge >= 0.3 is 11.7 Å². The molecule has 0 atom stereocenters. The molecule has 0 heterocycles. The molecule has 0 amide bonds. The molecule has 1 rings (SSSR count). The molecule has 0 aliphatic heterocycles. The van der Waals surface area contributed by atoms with Crippen molar-refractivity contribution in [2.45, 2.75) is 13.3 Å². The zero-order valence-electron chi connectivity index (χ0n) is 11.3. The van der Waals surface area contributed by atoms with Gasteiger partial charge in [0.1, 0.15) is 12.2 Å². The summed E-state index contributed by atoms with van der Waals surface area (Å²) in [5.41, 5.74) is -0.889. The van der Waals surface area contributed by atoms with Gasteiger partial charge in [-0.05, 0) is 12.5 Å². The lowest BCUT2D eigenvalue weighted by Gasteiger charge is -2.09. The molecule has 1 aromatic carbocycles. The predicted molar refractivity (Wildman–Crippen MR) is 74.5 cm³/mol. The topological polar surface area (TPSA) is 124 Å².